The van der Waals surface area contributed by atoms with E-state index in [-0.39, 0.29) is 0 Å². The fourth-order valence-electron chi connectivity index (χ4n) is 2.02. The maximum atomic E-state index is 5.95. The summed E-state index contributed by atoms with van der Waals surface area (Å²) in [6.07, 6.45) is 0. The van der Waals surface area contributed by atoms with Crippen LogP contribution in [0, 0.1) is 0 Å². The highest BCUT2D eigenvalue weighted by Gasteiger charge is 2.15. The number of rotatable bonds is 4. The molecule has 0 saturated carbocycles. The average molecular weight is 338 g/mol. The molecule has 2 aromatic carbocycles. The van der Waals surface area contributed by atoms with Crippen molar-refractivity contribution in [2.75, 3.05) is 27.1 Å². The molecular formula is C15H16BrNO3. The molecule has 2 rings (SSSR count). The van der Waals surface area contributed by atoms with E-state index in [4.69, 9.17) is 19.9 Å². The molecule has 0 aliphatic heterocycles. The van der Waals surface area contributed by atoms with Crippen LogP contribution in [0.1, 0.15) is 0 Å². The third-order valence-electron chi connectivity index (χ3n) is 3.03. The molecule has 2 aromatic rings. The van der Waals surface area contributed by atoms with Crippen LogP contribution in [0.4, 0.5) is 5.69 Å². The minimum atomic E-state index is 0.582. The molecule has 0 aromatic heterocycles. The predicted molar refractivity (Wildman–Crippen MR) is 83.6 cm³/mol. The van der Waals surface area contributed by atoms with Gasteiger partial charge in [-0.25, -0.2) is 0 Å². The van der Waals surface area contributed by atoms with E-state index in [1.165, 1.54) is 0 Å². The lowest BCUT2D eigenvalue weighted by Crippen LogP contribution is -1.95. The summed E-state index contributed by atoms with van der Waals surface area (Å²) in [5.74, 6) is 2.07. The van der Waals surface area contributed by atoms with Crippen LogP contribution in [0.5, 0.6) is 17.2 Å². The maximum Gasteiger partial charge on any atom is 0.144 e. The van der Waals surface area contributed by atoms with Crippen molar-refractivity contribution in [3.63, 3.8) is 0 Å². The fourth-order valence-corrected chi connectivity index (χ4v) is 2.69. The molecular weight excluding hydrogens is 322 g/mol. The molecule has 0 aliphatic rings. The van der Waals surface area contributed by atoms with E-state index >= 15 is 0 Å². The highest BCUT2D eigenvalue weighted by Crippen LogP contribution is 2.42. The van der Waals surface area contributed by atoms with Crippen LogP contribution in [0.25, 0.3) is 11.1 Å². The average Bonchev–Trinajstić information content (AvgIpc) is 2.46. The number of nitrogen functional groups attached to an aromatic ring is 1. The van der Waals surface area contributed by atoms with E-state index in [2.05, 4.69) is 15.9 Å². The summed E-state index contributed by atoms with van der Waals surface area (Å²) in [6, 6.07) is 9.44. The van der Waals surface area contributed by atoms with Crippen molar-refractivity contribution in [3.05, 3.63) is 34.8 Å². The quantitative estimate of drug-likeness (QED) is 0.864. The molecule has 0 heterocycles. The lowest BCUT2D eigenvalue weighted by molar-refractivity contribution is 0.390. The van der Waals surface area contributed by atoms with Crippen LogP contribution < -0.4 is 19.9 Å². The standard InChI is InChI=1S/C15H16BrNO3/c1-18-12-6-4-9(8-11(12)17)10-5-7-13(19-2)14(16)15(10)20-3/h4-8H,17H2,1-3H3. The van der Waals surface area contributed by atoms with Crippen molar-refractivity contribution < 1.29 is 14.2 Å². The molecule has 0 amide bonds. The molecule has 0 radical (unpaired) electrons. The highest BCUT2D eigenvalue weighted by atomic mass is 79.9. The maximum absolute atomic E-state index is 5.95. The largest absolute Gasteiger partial charge is 0.495 e. The molecule has 0 unspecified atom stereocenters. The molecule has 20 heavy (non-hydrogen) atoms. The molecule has 0 aliphatic carbocycles. The van der Waals surface area contributed by atoms with Crippen LogP contribution >= 0.6 is 15.9 Å². The zero-order valence-electron chi connectivity index (χ0n) is 11.6. The lowest BCUT2D eigenvalue weighted by Gasteiger charge is -2.14. The van der Waals surface area contributed by atoms with Gasteiger partial charge in [0.25, 0.3) is 0 Å². The summed E-state index contributed by atoms with van der Waals surface area (Å²) >= 11 is 3.49. The lowest BCUT2D eigenvalue weighted by atomic mass is 10.0. The third kappa shape index (κ3) is 2.54. The number of nitrogens with two attached hydrogens (primary N) is 1. The Morgan fingerprint density at radius 3 is 2.10 bits per heavy atom. The fraction of sp³-hybridized carbons (Fsp3) is 0.200. The van der Waals surface area contributed by atoms with Crippen molar-refractivity contribution in [2.45, 2.75) is 0 Å². The monoisotopic (exact) mass is 337 g/mol. The van der Waals surface area contributed by atoms with Crippen LogP contribution in [0.15, 0.2) is 34.8 Å². The highest BCUT2D eigenvalue weighted by molar-refractivity contribution is 9.10. The van der Waals surface area contributed by atoms with E-state index in [9.17, 15) is 0 Å². The number of anilines is 1. The van der Waals surface area contributed by atoms with Crippen LogP contribution in [-0.4, -0.2) is 21.3 Å². The van der Waals surface area contributed by atoms with Gasteiger partial charge < -0.3 is 19.9 Å². The van der Waals surface area contributed by atoms with Crippen molar-refractivity contribution >= 4 is 21.6 Å². The molecule has 0 atom stereocenters. The van der Waals surface area contributed by atoms with Gasteiger partial charge >= 0.3 is 0 Å². The van der Waals surface area contributed by atoms with E-state index in [1.54, 1.807) is 21.3 Å². The van der Waals surface area contributed by atoms with Gasteiger partial charge in [-0.1, -0.05) is 6.07 Å². The van der Waals surface area contributed by atoms with Crippen molar-refractivity contribution in [1.82, 2.24) is 0 Å². The van der Waals surface area contributed by atoms with Gasteiger partial charge in [0.1, 0.15) is 21.7 Å². The first-order valence-electron chi connectivity index (χ1n) is 5.96. The zero-order valence-corrected chi connectivity index (χ0v) is 13.2. The number of benzene rings is 2. The second-order valence-electron chi connectivity index (χ2n) is 4.12. The molecule has 0 saturated heterocycles. The molecule has 0 bridgehead atoms. The van der Waals surface area contributed by atoms with Gasteiger partial charge in [0, 0.05) is 5.56 Å². The topological polar surface area (TPSA) is 53.7 Å². The van der Waals surface area contributed by atoms with Gasteiger partial charge in [-0.2, -0.15) is 0 Å². The Balaban J connectivity index is 2.58. The molecule has 2 N–H and O–H groups in total. The first-order valence-corrected chi connectivity index (χ1v) is 6.76. The van der Waals surface area contributed by atoms with Crippen molar-refractivity contribution in [2.24, 2.45) is 0 Å². The summed E-state index contributed by atoms with van der Waals surface area (Å²) < 4.78 is 16.7. The second kappa shape index (κ2) is 6.05. The van der Waals surface area contributed by atoms with E-state index in [1.807, 2.05) is 30.3 Å². The second-order valence-corrected chi connectivity index (χ2v) is 4.91. The SMILES string of the molecule is COc1ccc(-c2ccc(OC)c(Br)c2OC)cc1N. The normalized spacial score (nSPS) is 10.2. The molecule has 5 heteroatoms. The summed E-state index contributed by atoms with van der Waals surface area (Å²) in [5.41, 5.74) is 8.41. The minimum absolute atomic E-state index is 0.582. The molecule has 106 valence electrons. The van der Waals surface area contributed by atoms with E-state index in [0.717, 1.165) is 15.6 Å². The summed E-state index contributed by atoms with van der Waals surface area (Å²) in [4.78, 5) is 0. The molecule has 0 spiro atoms. The third-order valence-corrected chi connectivity index (χ3v) is 3.78. The summed E-state index contributed by atoms with van der Waals surface area (Å²) in [7, 11) is 4.83. The first kappa shape index (κ1) is 14.5. The van der Waals surface area contributed by atoms with Gasteiger partial charge in [-0.05, 0) is 45.8 Å². The van der Waals surface area contributed by atoms with Crippen LogP contribution in [0.2, 0.25) is 0 Å². The Bertz CT molecular complexity index is 629. The summed E-state index contributed by atoms with van der Waals surface area (Å²) in [6.45, 7) is 0. The van der Waals surface area contributed by atoms with Crippen LogP contribution in [0.3, 0.4) is 0 Å². The van der Waals surface area contributed by atoms with Gasteiger partial charge in [-0.15, -0.1) is 0 Å². The Morgan fingerprint density at radius 2 is 1.55 bits per heavy atom. The Hall–Kier alpha value is -1.88. The smallest absolute Gasteiger partial charge is 0.144 e. The van der Waals surface area contributed by atoms with Gasteiger partial charge in [0.15, 0.2) is 0 Å². The van der Waals surface area contributed by atoms with Crippen molar-refractivity contribution in [3.8, 4) is 28.4 Å². The Morgan fingerprint density at radius 1 is 0.900 bits per heavy atom. The zero-order chi connectivity index (χ0) is 14.7. The summed E-state index contributed by atoms with van der Waals surface area (Å²) in [5, 5.41) is 0. The predicted octanol–water partition coefficient (Wildman–Crippen LogP) is 3.72. The number of hydrogen-bond donors (Lipinski definition) is 1. The van der Waals surface area contributed by atoms with E-state index in [0.29, 0.717) is 22.9 Å². The number of halogens is 1. The Labute approximate surface area is 126 Å². The van der Waals surface area contributed by atoms with Crippen LogP contribution in [-0.2, 0) is 0 Å². The number of ether oxygens (including phenoxy) is 3. The van der Waals surface area contributed by atoms with Gasteiger partial charge in [-0.3, -0.25) is 0 Å². The van der Waals surface area contributed by atoms with E-state index < -0.39 is 0 Å². The first-order chi connectivity index (χ1) is 9.62. The molecule has 4 nitrogen and oxygen atoms in total. The Kier molecular flexibility index (Phi) is 4.39. The van der Waals surface area contributed by atoms with Gasteiger partial charge in [0.2, 0.25) is 0 Å². The van der Waals surface area contributed by atoms with Crippen molar-refractivity contribution in [1.29, 1.82) is 0 Å². The van der Waals surface area contributed by atoms with Gasteiger partial charge in [0.05, 0.1) is 27.0 Å². The molecule has 0 fully saturated rings. The minimum Gasteiger partial charge on any atom is -0.495 e. The number of hydrogen-bond acceptors (Lipinski definition) is 4. The number of methoxy groups -OCH3 is 3.